The van der Waals surface area contributed by atoms with Gasteiger partial charge < -0.3 is 10.4 Å². The first-order valence-corrected chi connectivity index (χ1v) is 6.26. The molecule has 8 heteroatoms. The van der Waals surface area contributed by atoms with Gasteiger partial charge in [0, 0.05) is 12.3 Å². The zero-order valence-corrected chi connectivity index (χ0v) is 11.1. The lowest BCUT2D eigenvalue weighted by molar-refractivity contribution is -0.142. The minimum Gasteiger partial charge on any atom is -0.480 e. The van der Waals surface area contributed by atoms with Gasteiger partial charge in [-0.25, -0.2) is 9.59 Å². The quantitative estimate of drug-likeness (QED) is 0.610. The third kappa shape index (κ3) is 4.71. The van der Waals surface area contributed by atoms with Crippen molar-refractivity contribution in [3.8, 4) is 0 Å². The predicted molar refractivity (Wildman–Crippen MR) is 70.4 cm³/mol. The number of nitrogens with zero attached hydrogens (tertiary/aromatic N) is 1. The molecule has 1 heterocycles. The molecule has 0 fully saturated rings. The SMILES string of the molecule is CCCC[C@H](NC(=O)Cn1ccc(=O)[nH]c1=O)C(=O)O. The van der Waals surface area contributed by atoms with Crippen molar-refractivity contribution in [1.82, 2.24) is 14.9 Å². The summed E-state index contributed by atoms with van der Waals surface area (Å²) in [5.74, 6) is -1.71. The summed E-state index contributed by atoms with van der Waals surface area (Å²) in [5, 5.41) is 11.3. The van der Waals surface area contributed by atoms with Gasteiger partial charge in [0.1, 0.15) is 12.6 Å². The van der Waals surface area contributed by atoms with Gasteiger partial charge in [-0.3, -0.25) is 19.1 Å². The summed E-state index contributed by atoms with van der Waals surface area (Å²) in [6.45, 7) is 1.58. The van der Waals surface area contributed by atoms with Crippen LogP contribution in [0.5, 0.6) is 0 Å². The Morgan fingerprint density at radius 1 is 1.45 bits per heavy atom. The van der Waals surface area contributed by atoms with E-state index in [4.69, 9.17) is 5.11 Å². The van der Waals surface area contributed by atoms with Crippen LogP contribution in [0, 0.1) is 0 Å². The van der Waals surface area contributed by atoms with E-state index in [9.17, 15) is 19.2 Å². The Morgan fingerprint density at radius 2 is 2.15 bits per heavy atom. The Hall–Kier alpha value is -2.38. The summed E-state index contributed by atoms with van der Waals surface area (Å²) in [6, 6.07) is 0.140. The highest BCUT2D eigenvalue weighted by atomic mass is 16.4. The number of carboxylic acid groups (broad SMARTS) is 1. The first-order chi connectivity index (χ1) is 9.43. The van der Waals surface area contributed by atoms with Crippen molar-refractivity contribution in [3.63, 3.8) is 0 Å². The van der Waals surface area contributed by atoms with Crippen LogP contribution in [0.2, 0.25) is 0 Å². The lowest BCUT2D eigenvalue weighted by Crippen LogP contribution is -2.43. The number of carboxylic acids is 1. The van der Waals surface area contributed by atoms with Crippen molar-refractivity contribution in [1.29, 1.82) is 0 Å². The van der Waals surface area contributed by atoms with Gasteiger partial charge in [-0.05, 0) is 6.42 Å². The number of unbranched alkanes of at least 4 members (excludes halogenated alkanes) is 1. The number of H-pyrrole nitrogens is 1. The number of nitrogens with one attached hydrogen (secondary N) is 2. The van der Waals surface area contributed by atoms with Gasteiger partial charge in [0.2, 0.25) is 5.91 Å². The molecule has 0 spiro atoms. The topological polar surface area (TPSA) is 121 Å². The minimum atomic E-state index is -1.11. The zero-order valence-electron chi connectivity index (χ0n) is 11.1. The fourth-order valence-corrected chi connectivity index (χ4v) is 1.63. The highest BCUT2D eigenvalue weighted by molar-refractivity contribution is 5.83. The molecule has 0 bridgehead atoms. The molecule has 110 valence electrons. The molecule has 1 atom stereocenters. The summed E-state index contributed by atoms with van der Waals surface area (Å²) in [4.78, 5) is 46.9. The second-order valence-electron chi connectivity index (χ2n) is 4.34. The number of hydrogen-bond donors (Lipinski definition) is 3. The number of carbonyl (C=O) groups excluding carboxylic acids is 1. The molecule has 3 N–H and O–H groups in total. The van der Waals surface area contributed by atoms with Gasteiger partial charge >= 0.3 is 11.7 Å². The van der Waals surface area contributed by atoms with Gasteiger partial charge in [-0.2, -0.15) is 0 Å². The third-order valence-electron chi connectivity index (χ3n) is 2.69. The molecular weight excluding hydrogens is 266 g/mol. The van der Waals surface area contributed by atoms with E-state index in [1.54, 1.807) is 0 Å². The van der Waals surface area contributed by atoms with E-state index >= 15 is 0 Å². The second-order valence-corrected chi connectivity index (χ2v) is 4.34. The molecule has 0 saturated heterocycles. The average molecular weight is 283 g/mol. The number of amides is 1. The number of carbonyl (C=O) groups is 2. The van der Waals surface area contributed by atoms with Crippen LogP contribution in [0.4, 0.5) is 0 Å². The molecular formula is C12H17N3O5. The second kappa shape index (κ2) is 7.27. The lowest BCUT2D eigenvalue weighted by atomic mass is 10.1. The summed E-state index contributed by atoms with van der Waals surface area (Å²) in [7, 11) is 0. The maximum atomic E-state index is 11.7. The summed E-state index contributed by atoms with van der Waals surface area (Å²) in [5.41, 5.74) is -1.27. The molecule has 0 saturated carbocycles. The molecule has 0 aliphatic heterocycles. The average Bonchev–Trinajstić information content (AvgIpc) is 2.37. The van der Waals surface area contributed by atoms with Crippen LogP contribution in [0.15, 0.2) is 21.9 Å². The Morgan fingerprint density at radius 3 is 2.70 bits per heavy atom. The van der Waals surface area contributed by atoms with Crippen molar-refractivity contribution in [2.45, 2.75) is 38.8 Å². The molecule has 0 radical (unpaired) electrons. The lowest BCUT2D eigenvalue weighted by Gasteiger charge is -2.14. The number of aromatic amines is 1. The van der Waals surface area contributed by atoms with Crippen molar-refractivity contribution in [3.05, 3.63) is 33.1 Å². The maximum absolute atomic E-state index is 11.7. The molecule has 20 heavy (non-hydrogen) atoms. The Bertz CT molecular complexity index is 589. The largest absolute Gasteiger partial charge is 0.480 e. The minimum absolute atomic E-state index is 0.331. The highest BCUT2D eigenvalue weighted by Crippen LogP contribution is 2.00. The molecule has 1 aromatic rings. The normalized spacial score (nSPS) is 11.8. The monoisotopic (exact) mass is 283 g/mol. The summed E-state index contributed by atoms with van der Waals surface area (Å²) in [6.07, 6.45) is 3.01. The van der Waals surface area contributed by atoms with E-state index < -0.39 is 29.2 Å². The van der Waals surface area contributed by atoms with E-state index in [0.29, 0.717) is 12.8 Å². The number of rotatable bonds is 7. The van der Waals surface area contributed by atoms with Crippen molar-refractivity contribution >= 4 is 11.9 Å². The number of aliphatic carboxylic acids is 1. The molecule has 0 aromatic carbocycles. The van der Waals surface area contributed by atoms with Crippen LogP contribution >= 0.6 is 0 Å². The molecule has 0 aliphatic rings. The fraction of sp³-hybridized carbons (Fsp3) is 0.500. The smallest absolute Gasteiger partial charge is 0.328 e. The summed E-state index contributed by atoms with van der Waals surface area (Å²) >= 11 is 0. The molecule has 0 unspecified atom stereocenters. The van der Waals surface area contributed by atoms with E-state index in [-0.39, 0.29) is 6.54 Å². The van der Waals surface area contributed by atoms with Gasteiger partial charge in [0.25, 0.3) is 5.56 Å². The van der Waals surface area contributed by atoms with Crippen LogP contribution in [0.3, 0.4) is 0 Å². The van der Waals surface area contributed by atoms with Crippen molar-refractivity contribution < 1.29 is 14.7 Å². The van der Waals surface area contributed by atoms with E-state index in [1.165, 1.54) is 6.20 Å². The Kier molecular flexibility index (Phi) is 5.70. The third-order valence-corrected chi connectivity index (χ3v) is 2.69. The highest BCUT2D eigenvalue weighted by Gasteiger charge is 2.19. The Balaban J connectivity index is 2.68. The number of aromatic nitrogens is 2. The van der Waals surface area contributed by atoms with Gasteiger partial charge in [-0.15, -0.1) is 0 Å². The number of hydrogen-bond acceptors (Lipinski definition) is 4. The predicted octanol–water partition coefficient (Wildman–Crippen LogP) is -0.704. The summed E-state index contributed by atoms with van der Waals surface area (Å²) < 4.78 is 0.996. The van der Waals surface area contributed by atoms with Crippen LogP contribution in [-0.2, 0) is 16.1 Å². The standard InChI is InChI=1S/C12H17N3O5/c1-2-3-4-8(11(18)19)13-10(17)7-15-6-5-9(16)14-12(15)20/h5-6,8H,2-4,7H2,1H3,(H,13,17)(H,18,19)(H,14,16,20)/t8-/m0/s1. The maximum Gasteiger partial charge on any atom is 0.328 e. The fourth-order valence-electron chi connectivity index (χ4n) is 1.63. The molecule has 1 aromatic heterocycles. The molecule has 8 nitrogen and oxygen atoms in total. The zero-order chi connectivity index (χ0) is 15.1. The first-order valence-electron chi connectivity index (χ1n) is 6.26. The molecule has 0 aliphatic carbocycles. The van der Waals surface area contributed by atoms with E-state index in [0.717, 1.165) is 17.1 Å². The van der Waals surface area contributed by atoms with Gasteiger partial charge in [0.05, 0.1) is 0 Å². The van der Waals surface area contributed by atoms with Crippen molar-refractivity contribution in [2.24, 2.45) is 0 Å². The van der Waals surface area contributed by atoms with Crippen LogP contribution in [-0.4, -0.2) is 32.6 Å². The van der Waals surface area contributed by atoms with E-state index in [1.807, 2.05) is 11.9 Å². The van der Waals surface area contributed by atoms with Crippen LogP contribution in [0.25, 0.3) is 0 Å². The first kappa shape index (κ1) is 15.7. The Labute approximate surface area is 114 Å². The van der Waals surface area contributed by atoms with Gasteiger partial charge in [-0.1, -0.05) is 19.8 Å². The van der Waals surface area contributed by atoms with Gasteiger partial charge in [0.15, 0.2) is 0 Å². The van der Waals surface area contributed by atoms with E-state index in [2.05, 4.69) is 5.32 Å². The van der Waals surface area contributed by atoms with Crippen molar-refractivity contribution in [2.75, 3.05) is 0 Å². The molecule has 1 rings (SSSR count). The van der Waals surface area contributed by atoms with Crippen LogP contribution in [0.1, 0.15) is 26.2 Å². The van der Waals surface area contributed by atoms with Crippen LogP contribution < -0.4 is 16.6 Å². The molecule has 1 amide bonds.